The minimum absolute atomic E-state index is 0.0489. The Balaban J connectivity index is 2.05. The number of amides is 1. The number of nitrogens with zero attached hydrogens (tertiary/aromatic N) is 1. The van der Waals surface area contributed by atoms with Gasteiger partial charge in [0.25, 0.3) is 11.6 Å². The Morgan fingerprint density at radius 1 is 1.45 bits per heavy atom. The van der Waals surface area contributed by atoms with Crippen molar-refractivity contribution in [2.45, 2.75) is 25.0 Å². The van der Waals surface area contributed by atoms with Gasteiger partial charge in [-0.15, -0.1) is 0 Å². The number of ether oxygens (including phenoxy) is 1. The van der Waals surface area contributed by atoms with Crippen LogP contribution in [0.25, 0.3) is 0 Å². The number of hydrogen-bond acceptors (Lipinski definition) is 5. The molecular formula is C13H17N3O4. The molecule has 2 N–H and O–H groups in total. The van der Waals surface area contributed by atoms with E-state index in [0.717, 1.165) is 12.8 Å². The number of rotatable bonds is 5. The fourth-order valence-corrected chi connectivity index (χ4v) is 2.18. The van der Waals surface area contributed by atoms with E-state index in [1.165, 1.54) is 18.2 Å². The van der Waals surface area contributed by atoms with Crippen LogP contribution in [-0.4, -0.2) is 37.1 Å². The van der Waals surface area contributed by atoms with Gasteiger partial charge in [-0.25, -0.2) is 0 Å². The highest BCUT2D eigenvalue weighted by Crippen LogP contribution is 2.26. The third-order valence-electron chi connectivity index (χ3n) is 3.49. The number of carbonyl (C=O) groups is 1. The molecule has 0 spiro atoms. The van der Waals surface area contributed by atoms with E-state index >= 15 is 0 Å². The molecule has 1 aromatic rings. The standard InChI is InChI=1S/C13H17N3O4/c1-14-11-5-8(3-4-12(11)16(18)19)13(17)15-9-6-10(7-9)20-2/h3-5,9-10,14H,6-7H2,1-2H3,(H,15,17). The van der Waals surface area contributed by atoms with Crippen LogP contribution in [0.15, 0.2) is 18.2 Å². The number of methoxy groups -OCH3 is 1. The highest BCUT2D eigenvalue weighted by Gasteiger charge is 2.30. The zero-order valence-electron chi connectivity index (χ0n) is 11.4. The second kappa shape index (κ2) is 5.87. The number of benzene rings is 1. The Kier molecular flexibility index (Phi) is 4.19. The molecule has 0 saturated heterocycles. The van der Waals surface area contributed by atoms with Crippen LogP contribution in [0, 0.1) is 10.1 Å². The van der Waals surface area contributed by atoms with Crippen LogP contribution >= 0.6 is 0 Å². The fraction of sp³-hybridized carbons (Fsp3) is 0.462. The van der Waals surface area contributed by atoms with Crippen LogP contribution in [-0.2, 0) is 4.74 Å². The highest BCUT2D eigenvalue weighted by molar-refractivity contribution is 5.96. The summed E-state index contributed by atoms with van der Waals surface area (Å²) in [6.07, 6.45) is 1.81. The lowest BCUT2D eigenvalue weighted by atomic mass is 9.89. The van der Waals surface area contributed by atoms with Gasteiger partial charge in [-0.1, -0.05) is 0 Å². The number of hydrogen-bond donors (Lipinski definition) is 2. The van der Waals surface area contributed by atoms with Crippen LogP contribution in [0.3, 0.4) is 0 Å². The molecule has 108 valence electrons. The van der Waals surface area contributed by atoms with E-state index in [4.69, 9.17) is 4.74 Å². The van der Waals surface area contributed by atoms with E-state index in [0.29, 0.717) is 11.3 Å². The number of carbonyl (C=O) groups excluding carboxylic acids is 1. The van der Waals surface area contributed by atoms with Crippen molar-refractivity contribution in [1.29, 1.82) is 0 Å². The number of nitro groups is 1. The first-order valence-corrected chi connectivity index (χ1v) is 6.35. The predicted octanol–water partition coefficient (Wildman–Crippen LogP) is 1.54. The van der Waals surface area contributed by atoms with Gasteiger partial charge < -0.3 is 15.4 Å². The Morgan fingerprint density at radius 2 is 2.15 bits per heavy atom. The Hall–Kier alpha value is -2.15. The SMILES string of the molecule is CNc1cc(C(=O)NC2CC(OC)C2)ccc1[N+](=O)[O-]. The molecule has 1 saturated carbocycles. The van der Waals surface area contributed by atoms with Crippen molar-refractivity contribution >= 4 is 17.3 Å². The molecule has 0 heterocycles. The van der Waals surface area contributed by atoms with Gasteiger partial charge in [0.2, 0.25) is 0 Å². The molecule has 1 aromatic carbocycles. The minimum atomic E-state index is -0.483. The first-order chi connectivity index (χ1) is 9.55. The monoisotopic (exact) mass is 279 g/mol. The van der Waals surface area contributed by atoms with Gasteiger partial charge in [-0.05, 0) is 25.0 Å². The number of nitro benzene ring substituents is 1. The van der Waals surface area contributed by atoms with Gasteiger partial charge in [0, 0.05) is 31.8 Å². The molecule has 20 heavy (non-hydrogen) atoms. The van der Waals surface area contributed by atoms with Crippen molar-refractivity contribution in [3.8, 4) is 0 Å². The summed E-state index contributed by atoms with van der Waals surface area (Å²) < 4.78 is 5.15. The fourth-order valence-electron chi connectivity index (χ4n) is 2.18. The second-order valence-corrected chi connectivity index (χ2v) is 4.74. The highest BCUT2D eigenvalue weighted by atomic mass is 16.6. The van der Waals surface area contributed by atoms with Crippen molar-refractivity contribution in [2.75, 3.05) is 19.5 Å². The Labute approximate surface area is 116 Å². The van der Waals surface area contributed by atoms with Gasteiger partial charge in [0.1, 0.15) is 5.69 Å². The van der Waals surface area contributed by atoms with Crippen molar-refractivity contribution < 1.29 is 14.5 Å². The molecule has 0 unspecified atom stereocenters. The molecule has 0 bridgehead atoms. The molecule has 7 heteroatoms. The summed E-state index contributed by atoms with van der Waals surface area (Å²) in [5.41, 5.74) is 0.680. The van der Waals surface area contributed by atoms with Crippen molar-refractivity contribution in [3.05, 3.63) is 33.9 Å². The molecule has 1 amide bonds. The molecule has 0 atom stereocenters. The Bertz CT molecular complexity index is 526. The maximum Gasteiger partial charge on any atom is 0.292 e. The van der Waals surface area contributed by atoms with E-state index in [-0.39, 0.29) is 23.7 Å². The molecule has 0 aromatic heterocycles. The molecule has 2 rings (SSSR count). The first-order valence-electron chi connectivity index (χ1n) is 6.35. The summed E-state index contributed by atoms with van der Waals surface area (Å²) in [6, 6.07) is 4.39. The van der Waals surface area contributed by atoms with Gasteiger partial charge in [-0.3, -0.25) is 14.9 Å². The molecule has 0 aliphatic heterocycles. The van der Waals surface area contributed by atoms with Crippen LogP contribution in [0.5, 0.6) is 0 Å². The van der Waals surface area contributed by atoms with E-state index in [1.807, 2.05) is 0 Å². The minimum Gasteiger partial charge on any atom is -0.383 e. The lowest BCUT2D eigenvalue weighted by Gasteiger charge is -2.34. The predicted molar refractivity (Wildman–Crippen MR) is 73.9 cm³/mol. The topological polar surface area (TPSA) is 93.5 Å². The summed E-state index contributed by atoms with van der Waals surface area (Å²) in [5.74, 6) is -0.226. The molecular weight excluding hydrogens is 262 g/mol. The molecule has 1 fully saturated rings. The summed E-state index contributed by atoms with van der Waals surface area (Å²) in [7, 11) is 3.23. The zero-order chi connectivity index (χ0) is 14.7. The first kappa shape index (κ1) is 14.3. The van der Waals surface area contributed by atoms with Gasteiger partial charge in [-0.2, -0.15) is 0 Å². The van der Waals surface area contributed by atoms with Gasteiger partial charge in [0.05, 0.1) is 11.0 Å². The van der Waals surface area contributed by atoms with Crippen molar-refractivity contribution in [3.63, 3.8) is 0 Å². The Morgan fingerprint density at radius 3 is 2.70 bits per heavy atom. The van der Waals surface area contributed by atoms with Crippen molar-refractivity contribution in [1.82, 2.24) is 5.32 Å². The summed E-state index contributed by atoms with van der Waals surface area (Å²) in [5, 5.41) is 16.4. The lowest BCUT2D eigenvalue weighted by Crippen LogP contribution is -2.47. The molecule has 1 aliphatic carbocycles. The smallest absolute Gasteiger partial charge is 0.292 e. The van der Waals surface area contributed by atoms with Crippen molar-refractivity contribution in [2.24, 2.45) is 0 Å². The van der Waals surface area contributed by atoms with E-state index in [1.54, 1.807) is 14.2 Å². The third-order valence-corrected chi connectivity index (χ3v) is 3.49. The quantitative estimate of drug-likeness (QED) is 0.630. The van der Waals surface area contributed by atoms with Gasteiger partial charge in [0.15, 0.2) is 0 Å². The van der Waals surface area contributed by atoms with Crippen LogP contribution in [0.1, 0.15) is 23.2 Å². The van der Waals surface area contributed by atoms with Crippen LogP contribution < -0.4 is 10.6 Å². The van der Waals surface area contributed by atoms with E-state index in [2.05, 4.69) is 10.6 Å². The summed E-state index contributed by atoms with van der Waals surface area (Å²) in [4.78, 5) is 22.4. The van der Waals surface area contributed by atoms with E-state index < -0.39 is 4.92 Å². The molecule has 1 aliphatic rings. The molecule has 0 radical (unpaired) electrons. The summed E-state index contributed by atoms with van der Waals surface area (Å²) >= 11 is 0. The molecule has 7 nitrogen and oxygen atoms in total. The average Bonchev–Trinajstić information content (AvgIpc) is 2.41. The largest absolute Gasteiger partial charge is 0.383 e. The number of nitrogens with one attached hydrogen (secondary N) is 2. The maximum absolute atomic E-state index is 12.0. The number of anilines is 1. The normalized spacial score (nSPS) is 20.9. The van der Waals surface area contributed by atoms with E-state index in [9.17, 15) is 14.9 Å². The van der Waals surface area contributed by atoms with Gasteiger partial charge >= 0.3 is 0 Å². The third kappa shape index (κ3) is 2.88. The average molecular weight is 279 g/mol. The summed E-state index contributed by atoms with van der Waals surface area (Å²) in [6.45, 7) is 0. The maximum atomic E-state index is 12.0. The zero-order valence-corrected chi connectivity index (χ0v) is 11.4. The lowest BCUT2D eigenvalue weighted by molar-refractivity contribution is -0.383. The van der Waals surface area contributed by atoms with Crippen LogP contribution in [0.4, 0.5) is 11.4 Å². The second-order valence-electron chi connectivity index (χ2n) is 4.74. The van der Waals surface area contributed by atoms with Crippen LogP contribution in [0.2, 0.25) is 0 Å².